The molecule has 23 heavy (non-hydrogen) atoms. The van der Waals surface area contributed by atoms with E-state index in [0.717, 1.165) is 19.4 Å². The molecule has 0 saturated carbocycles. The van der Waals surface area contributed by atoms with Gasteiger partial charge in [0.05, 0.1) is 7.11 Å². The van der Waals surface area contributed by atoms with Crippen molar-refractivity contribution in [3.05, 3.63) is 22.4 Å². The van der Waals surface area contributed by atoms with Crippen LogP contribution in [-0.4, -0.2) is 36.9 Å². The summed E-state index contributed by atoms with van der Waals surface area (Å²) in [7, 11) is 1.60. The Bertz CT molecular complexity index is 566. The monoisotopic (exact) mass is 385 g/mol. The number of hydrogen-bond acceptors (Lipinski definition) is 5. The minimum atomic E-state index is -0.657. The molecule has 2 N–H and O–H groups in total. The topological polar surface area (TPSA) is 72.5 Å². The van der Waals surface area contributed by atoms with Crippen molar-refractivity contribution in [1.82, 2.24) is 15.6 Å². The molecule has 0 bridgehead atoms. The van der Waals surface area contributed by atoms with Crippen LogP contribution in [0.2, 0.25) is 0 Å². The SMILES string of the molecule is COc1ccc(Br)nc1[C@]1(NC(=O)OC(C)(C)C)CCCNC1. The highest BCUT2D eigenvalue weighted by Crippen LogP contribution is 2.34. The molecule has 1 aliphatic heterocycles. The zero-order valence-electron chi connectivity index (χ0n) is 14.0. The summed E-state index contributed by atoms with van der Waals surface area (Å²) in [6.07, 6.45) is 1.23. The molecule has 7 heteroatoms. The number of alkyl carbamates (subject to hydrolysis) is 1. The highest BCUT2D eigenvalue weighted by atomic mass is 79.9. The minimum Gasteiger partial charge on any atom is -0.495 e. The van der Waals surface area contributed by atoms with E-state index in [1.165, 1.54) is 0 Å². The molecule has 1 fully saturated rings. The molecule has 0 aromatic carbocycles. The van der Waals surface area contributed by atoms with Crippen molar-refractivity contribution in [1.29, 1.82) is 0 Å². The van der Waals surface area contributed by atoms with E-state index in [0.29, 0.717) is 22.6 Å². The normalized spacial score (nSPS) is 21.6. The van der Waals surface area contributed by atoms with Gasteiger partial charge in [-0.15, -0.1) is 0 Å². The zero-order valence-corrected chi connectivity index (χ0v) is 15.6. The predicted octanol–water partition coefficient (Wildman–Crippen LogP) is 2.96. The van der Waals surface area contributed by atoms with Crippen LogP contribution in [0.3, 0.4) is 0 Å². The molecule has 128 valence electrons. The molecule has 1 amide bonds. The molecule has 0 aliphatic carbocycles. The second kappa shape index (κ2) is 7.05. The first-order chi connectivity index (χ1) is 10.8. The number of nitrogens with one attached hydrogen (secondary N) is 2. The van der Waals surface area contributed by atoms with Crippen LogP contribution in [0.4, 0.5) is 4.79 Å². The third-order valence-electron chi connectivity index (χ3n) is 3.62. The Labute approximate surface area is 145 Å². The summed E-state index contributed by atoms with van der Waals surface area (Å²) in [6, 6.07) is 3.67. The van der Waals surface area contributed by atoms with Crippen molar-refractivity contribution in [2.45, 2.75) is 44.8 Å². The third kappa shape index (κ3) is 4.57. The van der Waals surface area contributed by atoms with E-state index in [2.05, 4.69) is 31.5 Å². The number of amides is 1. The maximum Gasteiger partial charge on any atom is 0.408 e. The Balaban J connectivity index is 2.36. The number of nitrogens with zero attached hydrogens (tertiary/aromatic N) is 1. The number of carbonyl (C=O) groups excluding carboxylic acids is 1. The fraction of sp³-hybridized carbons (Fsp3) is 0.625. The van der Waals surface area contributed by atoms with E-state index >= 15 is 0 Å². The summed E-state index contributed by atoms with van der Waals surface area (Å²) in [5, 5.41) is 6.35. The summed E-state index contributed by atoms with van der Waals surface area (Å²) in [5.41, 5.74) is -0.509. The lowest BCUT2D eigenvalue weighted by Crippen LogP contribution is -2.56. The van der Waals surface area contributed by atoms with Crippen LogP contribution in [0.1, 0.15) is 39.3 Å². The molecular weight excluding hydrogens is 362 g/mol. The van der Waals surface area contributed by atoms with Crippen LogP contribution < -0.4 is 15.4 Å². The highest BCUT2D eigenvalue weighted by Gasteiger charge is 2.40. The molecule has 0 spiro atoms. The van der Waals surface area contributed by atoms with Gasteiger partial charge in [-0.05, 0) is 68.2 Å². The first-order valence-electron chi connectivity index (χ1n) is 7.69. The number of hydrogen-bond donors (Lipinski definition) is 2. The van der Waals surface area contributed by atoms with Crippen LogP contribution in [-0.2, 0) is 10.3 Å². The molecule has 6 nitrogen and oxygen atoms in total. The minimum absolute atomic E-state index is 0.454. The quantitative estimate of drug-likeness (QED) is 0.782. The Hall–Kier alpha value is -1.34. The van der Waals surface area contributed by atoms with Crippen molar-refractivity contribution in [2.75, 3.05) is 20.2 Å². The van der Waals surface area contributed by atoms with Crippen molar-refractivity contribution >= 4 is 22.0 Å². The van der Waals surface area contributed by atoms with Gasteiger partial charge in [-0.2, -0.15) is 0 Å². The molecule has 1 saturated heterocycles. The second-order valence-electron chi connectivity index (χ2n) is 6.67. The summed E-state index contributed by atoms with van der Waals surface area (Å²) in [6.45, 7) is 7.02. The standard InChI is InChI=1S/C16H24BrN3O3/c1-15(2,3)23-14(21)20-16(8-5-9-18-10-16)13-11(22-4)6-7-12(17)19-13/h6-7,18H,5,8-10H2,1-4H3,(H,20,21)/t16-/m0/s1. The number of pyridine rings is 1. The lowest BCUT2D eigenvalue weighted by atomic mass is 9.86. The highest BCUT2D eigenvalue weighted by molar-refractivity contribution is 9.10. The first-order valence-corrected chi connectivity index (χ1v) is 8.48. The molecule has 0 radical (unpaired) electrons. The number of aromatic nitrogens is 1. The maximum absolute atomic E-state index is 12.3. The van der Waals surface area contributed by atoms with Gasteiger partial charge in [-0.3, -0.25) is 0 Å². The number of halogens is 1. The van der Waals surface area contributed by atoms with Gasteiger partial charge in [0.1, 0.15) is 27.2 Å². The van der Waals surface area contributed by atoms with Gasteiger partial charge < -0.3 is 20.1 Å². The number of rotatable bonds is 3. The van der Waals surface area contributed by atoms with Crippen LogP contribution in [0.15, 0.2) is 16.7 Å². The third-order valence-corrected chi connectivity index (χ3v) is 4.06. The Morgan fingerprint density at radius 2 is 2.17 bits per heavy atom. The summed E-state index contributed by atoms with van der Waals surface area (Å²) >= 11 is 3.40. The molecular formula is C16H24BrN3O3. The predicted molar refractivity (Wildman–Crippen MR) is 91.6 cm³/mol. The Kier molecular flexibility index (Phi) is 5.52. The van der Waals surface area contributed by atoms with Crippen LogP contribution >= 0.6 is 15.9 Å². The van der Waals surface area contributed by atoms with Crippen molar-refractivity contribution in [2.24, 2.45) is 0 Å². The summed E-state index contributed by atoms with van der Waals surface area (Å²) < 4.78 is 11.6. The van der Waals surface area contributed by atoms with E-state index in [1.807, 2.05) is 32.9 Å². The average Bonchev–Trinajstić information content (AvgIpc) is 2.46. The fourth-order valence-corrected chi connectivity index (χ4v) is 3.01. The molecule has 1 atom stereocenters. The Morgan fingerprint density at radius 3 is 2.74 bits per heavy atom. The van der Waals surface area contributed by atoms with E-state index in [4.69, 9.17) is 9.47 Å². The summed E-state index contributed by atoms with van der Waals surface area (Å²) in [4.78, 5) is 16.9. The lowest BCUT2D eigenvalue weighted by molar-refractivity contribution is 0.0425. The molecule has 1 aromatic rings. The van der Waals surface area contributed by atoms with Crippen molar-refractivity contribution in [3.8, 4) is 5.75 Å². The largest absolute Gasteiger partial charge is 0.495 e. The molecule has 1 aliphatic rings. The maximum atomic E-state index is 12.3. The van der Waals surface area contributed by atoms with Crippen LogP contribution in [0, 0.1) is 0 Å². The van der Waals surface area contributed by atoms with Gasteiger partial charge in [-0.25, -0.2) is 9.78 Å². The molecule has 0 unspecified atom stereocenters. The van der Waals surface area contributed by atoms with Crippen LogP contribution in [0.5, 0.6) is 5.75 Å². The van der Waals surface area contributed by atoms with Gasteiger partial charge in [-0.1, -0.05) is 0 Å². The lowest BCUT2D eigenvalue weighted by Gasteiger charge is -2.38. The van der Waals surface area contributed by atoms with Crippen LogP contribution in [0.25, 0.3) is 0 Å². The van der Waals surface area contributed by atoms with Gasteiger partial charge in [0.2, 0.25) is 0 Å². The Morgan fingerprint density at radius 1 is 1.43 bits per heavy atom. The van der Waals surface area contributed by atoms with Crippen molar-refractivity contribution < 1.29 is 14.3 Å². The number of ether oxygens (including phenoxy) is 2. The van der Waals surface area contributed by atoms with E-state index in [-0.39, 0.29) is 0 Å². The first kappa shape index (κ1) is 18.0. The van der Waals surface area contributed by atoms with E-state index < -0.39 is 17.2 Å². The average molecular weight is 386 g/mol. The molecule has 1 aromatic heterocycles. The smallest absolute Gasteiger partial charge is 0.408 e. The zero-order chi connectivity index (χ0) is 17.1. The van der Waals surface area contributed by atoms with Gasteiger partial charge >= 0.3 is 6.09 Å². The fourth-order valence-electron chi connectivity index (χ4n) is 2.70. The van der Waals surface area contributed by atoms with Crippen molar-refractivity contribution in [3.63, 3.8) is 0 Å². The van der Waals surface area contributed by atoms with E-state index in [9.17, 15) is 4.79 Å². The van der Waals surface area contributed by atoms with Gasteiger partial charge in [0, 0.05) is 6.54 Å². The number of carbonyl (C=O) groups is 1. The van der Waals surface area contributed by atoms with E-state index in [1.54, 1.807) is 7.11 Å². The van der Waals surface area contributed by atoms with Gasteiger partial charge in [0.15, 0.2) is 0 Å². The van der Waals surface area contributed by atoms with Gasteiger partial charge in [0.25, 0.3) is 0 Å². The molecule has 2 heterocycles. The number of methoxy groups -OCH3 is 1. The number of piperidine rings is 1. The molecule has 2 rings (SSSR count). The summed E-state index contributed by atoms with van der Waals surface area (Å²) in [5.74, 6) is 0.646. The second-order valence-corrected chi connectivity index (χ2v) is 7.49.